The van der Waals surface area contributed by atoms with Gasteiger partial charge in [0.15, 0.2) is 0 Å². The number of rotatable bonds is 3. The molecule has 1 aromatic rings. The van der Waals surface area contributed by atoms with Crippen molar-refractivity contribution in [3.8, 4) is 11.8 Å². The summed E-state index contributed by atoms with van der Waals surface area (Å²) in [5.74, 6) is 0.601. The number of hydrogen-bond acceptors (Lipinski definition) is 3. The molecule has 0 unspecified atom stereocenters. The maximum Gasteiger partial charge on any atom is 0.416 e. The Morgan fingerprint density at radius 1 is 1.30 bits per heavy atom. The molecule has 1 N–H and O–H groups in total. The normalized spacial score (nSPS) is 16.7. The second-order valence-electron chi connectivity index (χ2n) is 4.82. The predicted molar refractivity (Wildman–Crippen MR) is 67.2 cm³/mol. The Balaban J connectivity index is 2.06. The highest BCUT2D eigenvalue weighted by atomic mass is 19.4. The van der Waals surface area contributed by atoms with E-state index in [1.807, 2.05) is 0 Å². The molecule has 0 saturated carbocycles. The average Bonchev–Trinajstić information content (AvgIpc) is 2.45. The number of hydrogen-bond donors (Lipinski definition) is 1. The van der Waals surface area contributed by atoms with E-state index in [9.17, 15) is 13.2 Å². The highest BCUT2D eigenvalue weighted by Gasteiger charge is 2.31. The number of halogens is 3. The summed E-state index contributed by atoms with van der Waals surface area (Å²) in [5.41, 5.74) is -0.906. The first-order valence-corrected chi connectivity index (χ1v) is 6.45. The maximum atomic E-state index is 12.6. The van der Waals surface area contributed by atoms with Gasteiger partial charge in [0.25, 0.3) is 0 Å². The molecular weight excluding hydrogens is 269 g/mol. The second kappa shape index (κ2) is 6.14. The van der Waals surface area contributed by atoms with E-state index in [0.717, 1.165) is 38.1 Å². The van der Waals surface area contributed by atoms with E-state index in [-0.39, 0.29) is 11.3 Å². The Labute approximate surface area is 115 Å². The zero-order valence-electron chi connectivity index (χ0n) is 10.8. The molecule has 3 nitrogen and oxygen atoms in total. The van der Waals surface area contributed by atoms with Crippen LogP contribution in [-0.2, 0) is 6.18 Å². The van der Waals surface area contributed by atoms with Crippen LogP contribution < -0.4 is 10.1 Å². The van der Waals surface area contributed by atoms with Crippen molar-refractivity contribution in [1.29, 1.82) is 5.26 Å². The van der Waals surface area contributed by atoms with Crippen LogP contribution in [0, 0.1) is 17.2 Å². The van der Waals surface area contributed by atoms with Gasteiger partial charge >= 0.3 is 6.18 Å². The van der Waals surface area contributed by atoms with Crippen molar-refractivity contribution in [2.45, 2.75) is 19.0 Å². The third-order valence-corrected chi connectivity index (χ3v) is 3.36. The van der Waals surface area contributed by atoms with Crippen LogP contribution in [0.3, 0.4) is 0 Å². The minimum absolute atomic E-state index is 0.0752. The fourth-order valence-corrected chi connectivity index (χ4v) is 2.18. The molecule has 2 rings (SSSR count). The van der Waals surface area contributed by atoms with E-state index in [0.29, 0.717) is 12.5 Å². The topological polar surface area (TPSA) is 45.0 Å². The Morgan fingerprint density at radius 2 is 2.00 bits per heavy atom. The standard InChI is InChI=1S/C14H15F3N2O/c15-14(16,17)12-1-2-13(11(7-12)8-18)20-9-10-3-5-19-6-4-10/h1-2,7,10,19H,3-6,9H2. The SMILES string of the molecule is N#Cc1cc(C(F)(F)F)ccc1OCC1CCNCC1. The van der Waals surface area contributed by atoms with E-state index >= 15 is 0 Å². The number of nitrogens with zero attached hydrogens (tertiary/aromatic N) is 1. The summed E-state index contributed by atoms with van der Waals surface area (Å²) in [6.45, 7) is 2.28. The van der Waals surface area contributed by atoms with Crippen molar-refractivity contribution >= 4 is 0 Å². The maximum absolute atomic E-state index is 12.6. The largest absolute Gasteiger partial charge is 0.492 e. The first-order valence-electron chi connectivity index (χ1n) is 6.45. The van der Waals surface area contributed by atoms with Gasteiger partial charge in [0.05, 0.1) is 17.7 Å². The van der Waals surface area contributed by atoms with Crippen molar-refractivity contribution in [1.82, 2.24) is 5.32 Å². The second-order valence-corrected chi connectivity index (χ2v) is 4.82. The number of benzene rings is 1. The monoisotopic (exact) mass is 284 g/mol. The third-order valence-electron chi connectivity index (χ3n) is 3.36. The van der Waals surface area contributed by atoms with Gasteiger partial charge in [0.2, 0.25) is 0 Å². The van der Waals surface area contributed by atoms with E-state index in [1.165, 1.54) is 6.07 Å². The molecule has 1 aromatic carbocycles. The first kappa shape index (κ1) is 14.7. The number of ether oxygens (including phenoxy) is 1. The van der Waals surface area contributed by atoms with Gasteiger partial charge in [-0.15, -0.1) is 0 Å². The summed E-state index contributed by atoms with van der Waals surface area (Å²) in [5, 5.41) is 12.2. The van der Waals surface area contributed by atoms with E-state index < -0.39 is 11.7 Å². The highest BCUT2D eigenvalue weighted by molar-refractivity contribution is 5.46. The van der Waals surface area contributed by atoms with Crippen LogP contribution in [0.1, 0.15) is 24.0 Å². The third kappa shape index (κ3) is 3.64. The lowest BCUT2D eigenvalue weighted by Gasteiger charge is -2.23. The summed E-state index contributed by atoms with van der Waals surface area (Å²) >= 11 is 0. The van der Waals surface area contributed by atoms with Gasteiger partial charge < -0.3 is 10.1 Å². The molecule has 1 saturated heterocycles. The first-order chi connectivity index (χ1) is 9.50. The lowest BCUT2D eigenvalue weighted by atomic mass is 9.99. The summed E-state index contributed by atoms with van der Waals surface area (Å²) in [4.78, 5) is 0. The minimum atomic E-state index is -4.45. The van der Waals surface area contributed by atoms with Crippen LogP contribution >= 0.6 is 0 Å². The summed E-state index contributed by atoms with van der Waals surface area (Å²) in [6.07, 6.45) is -2.50. The average molecular weight is 284 g/mol. The molecule has 6 heteroatoms. The van der Waals surface area contributed by atoms with Gasteiger partial charge in [-0.25, -0.2) is 0 Å². The number of nitriles is 1. The van der Waals surface area contributed by atoms with Crippen LogP contribution in [-0.4, -0.2) is 19.7 Å². The highest BCUT2D eigenvalue weighted by Crippen LogP contribution is 2.32. The number of piperidine rings is 1. The van der Waals surface area contributed by atoms with E-state index in [4.69, 9.17) is 10.00 Å². The van der Waals surface area contributed by atoms with Gasteiger partial charge in [-0.2, -0.15) is 18.4 Å². The molecule has 1 aliphatic rings. The zero-order chi connectivity index (χ0) is 14.6. The Bertz CT molecular complexity index is 502. The number of alkyl halides is 3. The van der Waals surface area contributed by atoms with Gasteiger partial charge in [-0.05, 0) is 50.0 Å². The Morgan fingerprint density at radius 3 is 2.60 bits per heavy atom. The smallest absolute Gasteiger partial charge is 0.416 e. The quantitative estimate of drug-likeness (QED) is 0.928. The van der Waals surface area contributed by atoms with Crippen molar-refractivity contribution in [3.05, 3.63) is 29.3 Å². The van der Waals surface area contributed by atoms with Crippen LogP contribution in [0.15, 0.2) is 18.2 Å². The number of nitrogens with one attached hydrogen (secondary N) is 1. The fourth-order valence-electron chi connectivity index (χ4n) is 2.18. The van der Waals surface area contributed by atoms with Gasteiger partial charge in [0.1, 0.15) is 11.8 Å². The lowest BCUT2D eigenvalue weighted by molar-refractivity contribution is -0.137. The predicted octanol–water partition coefficient (Wildman–Crippen LogP) is 2.96. The molecule has 0 aliphatic carbocycles. The lowest BCUT2D eigenvalue weighted by Crippen LogP contribution is -2.30. The molecule has 108 valence electrons. The van der Waals surface area contributed by atoms with Crippen LogP contribution in [0.5, 0.6) is 5.75 Å². The van der Waals surface area contributed by atoms with Gasteiger partial charge in [-0.3, -0.25) is 0 Å². The molecule has 0 bridgehead atoms. The summed E-state index contributed by atoms with van der Waals surface area (Å²) in [7, 11) is 0. The van der Waals surface area contributed by atoms with Crippen molar-refractivity contribution in [3.63, 3.8) is 0 Å². The van der Waals surface area contributed by atoms with E-state index in [2.05, 4.69) is 5.32 Å². The fraction of sp³-hybridized carbons (Fsp3) is 0.500. The van der Waals surface area contributed by atoms with Crippen molar-refractivity contribution in [2.24, 2.45) is 5.92 Å². The van der Waals surface area contributed by atoms with Gasteiger partial charge in [-0.1, -0.05) is 0 Å². The van der Waals surface area contributed by atoms with E-state index in [1.54, 1.807) is 6.07 Å². The molecule has 0 amide bonds. The van der Waals surface area contributed by atoms with Crippen LogP contribution in [0.4, 0.5) is 13.2 Å². The van der Waals surface area contributed by atoms with Crippen LogP contribution in [0.2, 0.25) is 0 Å². The summed E-state index contributed by atoms with van der Waals surface area (Å²) in [6, 6.07) is 4.76. The van der Waals surface area contributed by atoms with Crippen molar-refractivity contribution < 1.29 is 17.9 Å². The Kier molecular flexibility index (Phi) is 4.50. The minimum Gasteiger partial charge on any atom is -0.492 e. The van der Waals surface area contributed by atoms with Gasteiger partial charge in [0, 0.05) is 0 Å². The zero-order valence-corrected chi connectivity index (χ0v) is 10.8. The molecule has 20 heavy (non-hydrogen) atoms. The molecule has 1 aliphatic heterocycles. The van der Waals surface area contributed by atoms with Crippen molar-refractivity contribution in [2.75, 3.05) is 19.7 Å². The van der Waals surface area contributed by atoms with Crippen LogP contribution in [0.25, 0.3) is 0 Å². The molecule has 1 heterocycles. The molecule has 1 fully saturated rings. The Hall–Kier alpha value is -1.74. The molecule has 0 spiro atoms. The molecule has 0 aromatic heterocycles. The summed E-state index contributed by atoms with van der Waals surface area (Å²) < 4.78 is 43.2. The molecule has 0 atom stereocenters. The molecular formula is C14H15F3N2O. The molecule has 0 radical (unpaired) electrons.